The average Bonchev–Trinajstić information content (AvgIpc) is 2.50. The zero-order valence-corrected chi connectivity index (χ0v) is 14.4. The summed E-state index contributed by atoms with van der Waals surface area (Å²) < 4.78 is 0. The number of halogens is 1. The number of benzene rings is 1. The van der Waals surface area contributed by atoms with Crippen LogP contribution in [0.5, 0.6) is 0 Å². The highest BCUT2D eigenvalue weighted by Gasteiger charge is 2.36. The van der Waals surface area contributed by atoms with E-state index in [1.165, 1.54) is 43.5 Å². The zero-order chi connectivity index (χ0) is 15.5. The fourth-order valence-corrected chi connectivity index (χ4v) is 3.71. The largest absolute Gasteiger partial charge is 0.326 e. The zero-order valence-electron chi connectivity index (χ0n) is 13.7. The van der Waals surface area contributed by atoms with Crippen LogP contribution < -0.4 is 5.73 Å². The highest BCUT2D eigenvalue weighted by Crippen LogP contribution is 2.29. The minimum absolute atomic E-state index is 0.0641. The Morgan fingerprint density at radius 1 is 1.29 bits per heavy atom. The SMILES string of the molecule is CCC(C)(C(N)Cc1ccc(C)cc1Cl)N1CCCCC1. The van der Waals surface area contributed by atoms with Gasteiger partial charge in [0.25, 0.3) is 0 Å². The molecule has 21 heavy (non-hydrogen) atoms. The van der Waals surface area contributed by atoms with E-state index < -0.39 is 0 Å². The van der Waals surface area contributed by atoms with Gasteiger partial charge in [-0.05, 0) is 69.8 Å². The lowest BCUT2D eigenvalue weighted by molar-refractivity contribution is 0.0546. The summed E-state index contributed by atoms with van der Waals surface area (Å²) in [7, 11) is 0. The smallest absolute Gasteiger partial charge is 0.0441 e. The van der Waals surface area contributed by atoms with E-state index in [0.29, 0.717) is 0 Å². The van der Waals surface area contributed by atoms with E-state index in [2.05, 4.69) is 37.8 Å². The molecule has 2 rings (SSSR count). The van der Waals surface area contributed by atoms with E-state index in [4.69, 9.17) is 17.3 Å². The molecular weight excluding hydrogens is 280 g/mol. The predicted octanol–water partition coefficient (Wildman–Crippen LogP) is 4.17. The fourth-order valence-electron chi connectivity index (χ4n) is 3.40. The normalized spacial score (nSPS) is 21.0. The third kappa shape index (κ3) is 3.80. The maximum Gasteiger partial charge on any atom is 0.0441 e. The molecule has 3 heteroatoms. The van der Waals surface area contributed by atoms with Crippen molar-refractivity contribution < 1.29 is 0 Å². The van der Waals surface area contributed by atoms with Crippen molar-refractivity contribution in [1.29, 1.82) is 0 Å². The molecule has 1 aliphatic rings. The van der Waals surface area contributed by atoms with Crippen molar-refractivity contribution in [3.05, 3.63) is 34.3 Å². The van der Waals surface area contributed by atoms with Crippen LogP contribution in [0.3, 0.4) is 0 Å². The van der Waals surface area contributed by atoms with Crippen molar-refractivity contribution in [1.82, 2.24) is 4.90 Å². The minimum Gasteiger partial charge on any atom is -0.326 e. The summed E-state index contributed by atoms with van der Waals surface area (Å²) in [5, 5.41) is 0.850. The Hall–Kier alpha value is -0.570. The molecular formula is C18H29ClN2. The van der Waals surface area contributed by atoms with E-state index in [9.17, 15) is 0 Å². The summed E-state index contributed by atoms with van der Waals surface area (Å²) in [6, 6.07) is 6.40. The monoisotopic (exact) mass is 308 g/mol. The van der Waals surface area contributed by atoms with Gasteiger partial charge in [0.15, 0.2) is 0 Å². The quantitative estimate of drug-likeness (QED) is 0.884. The second-order valence-corrected chi connectivity index (χ2v) is 7.07. The Morgan fingerprint density at radius 2 is 1.95 bits per heavy atom. The molecule has 1 saturated heterocycles. The maximum absolute atomic E-state index is 6.63. The van der Waals surface area contributed by atoms with Gasteiger partial charge < -0.3 is 5.73 Å². The molecule has 0 bridgehead atoms. The van der Waals surface area contributed by atoms with Crippen molar-refractivity contribution in [2.24, 2.45) is 5.73 Å². The van der Waals surface area contributed by atoms with Crippen molar-refractivity contribution >= 4 is 11.6 Å². The number of aryl methyl sites for hydroxylation is 1. The first-order valence-corrected chi connectivity index (χ1v) is 8.61. The molecule has 1 heterocycles. The summed E-state index contributed by atoms with van der Waals surface area (Å²) in [4.78, 5) is 2.60. The Labute approximate surface area is 134 Å². The second-order valence-electron chi connectivity index (χ2n) is 6.66. The molecule has 1 aromatic rings. The summed E-state index contributed by atoms with van der Waals surface area (Å²) >= 11 is 6.38. The summed E-state index contributed by atoms with van der Waals surface area (Å²) in [5.74, 6) is 0. The molecule has 2 N–H and O–H groups in total. The number of nitrogens with two attached hydrogens (primary N) is 1. The summed E-state index contributed by atoms with van der Waals surface area (Å²) in [5.41, 5.74) is 9.07. The topological polar surface area (TPSA) is 29.3 Å². The lowest BCUT2D eigenvalue weighted by atomic mass is 9.83. The maximum atomic E-state index is 6.63. The minimum atomic E-state index is 0.0641. The Bertz CT molecular complexity index is 468. The molecule has 1 aliphatic heterocycles. The molecule has 2 nitrogen and oxygen atoms in total. The van der Waals surface area contributed by atoms with Crippen molar-refractivity contribution in [3.63, 3.8) is 0 Å². The van der Waals surface area contributed by atoms with Gasteiger partial charge in [-0.25, -0.2) is 0 Å². The molecule has 0 saturated carbocycles. The Kier molecular flexibility index (Phi) is 5.70. The van der Waals surface area contributed by atoms with E-state index >= 15 is 0 Å². The average molecular weight is 309 g/mol. The molecule has 2 atom stereocenters. The summed E-state index contributed by atoms with van der Waals surface area (Å²) in [6.07, 6.45) is 5.88. The van der Waals surface area contributed by atoms with E-state index in [-0.39, 0.29) is 11.6 Å². The van der Waals surface area contributed by atoms with Crippen LogP contribution in [0, 0.1) is 6.92 Å². The van der Waals surface area contributed by atoms with Crippen LogP contribution in [0.15, 0.2) is 18.2 Å². The van der Waals surface area contributed by atoms with Gasteiger partial charge in [0.1, 0.15) is 0 Å². The van der Waals surface area contributed by atoms with E-state index in [0.717, 1.165) is 17.9 Å². The number of hydrogen-bond acceptors (Lipinski definition) is 2. The summed E-state index contributed by atoms with van der Waals surface area (Å²) in [6.45, 7) is 9.01. The van der Waals surface area contributed by atoms with Crippen LogP contribution in [0.4, 0.5) is 0 Å². The molecule has 2 unspecified atom stereocenters. The van der Waals surface area contributed by atoms with Gasteiger partial charge in [-0.2, -0.15) is 0 Å². The molecule has 118 valence electrons. The number of hydrogen-bond donors (Lipinski definition) is 1. The van der Waals surface area contributed by atoms with Crippen molar-refractivity contribution in [3.8, 4) is 0 Å². The molecule has 0 spiro atoms. The number of rotatable bonds is 5. The van der Waals surface area contributed by atoms with Gasteiger partial charge in [0, 0.05) is 16.6 Å². The lowest BCUT2D eigenvalue weighted by Gasteiger charge is -2.47. The fraction of sp³-hybridized carbons (Fsp3) is 0.667. The van der Waals surface area contributed by atoms with Crippen molar-refractivity contribution in [2.75, 3.05) is 13.1 Å². The first kappa shape index (κ1) is 16.8. The highest BCUT2D eigenvalue weighted by molar-refractivity contribution is 6.31. The van der Waals surface area contributed by atoms with Gasteiger partial charge in [-0.15, -0.1) is 0 Å². The molecule has 0 radical (unpaired) electrons. The predicted molar refractivity (Wildman–Crippen MR) is 92.0 cm³/mol. The van der Waals surface area contributed by atoms with Crippen LogP contribution in [0.25, 0.3) is 0 Å². The van der Waals surface area contributed by atoms with Gasteiger partial charge >= 0.3 is 0 Å². The third-order valence-electron chi connectivity index (χ3n) is 5.24. The van der Waals surface area contributed by atoms with Crippen LogP contribution in [0.2, 0.25) is 5.02 Å². The van der Waals surface area contributed by atoms with Crippen molar-refractivity contribution in [2.45, 2.75) is 64.5 Å². The lowest BCUT2D eigenvalue weighted by Crippen LogP contribution is -2.59. The van der Waals surface area contributed by atoms with Crippen LogP contribution in [-0.2, 0) is 6.42 Å². The van der Waals surface area contributed by atoms with Crippen LogP contribution in [-0.4, -0.2) is 29.6 Å². The van der Waals surface area contributed by atoms with Gasteiger partial charge in [0.05, 0.1) is 0 Å². The Morgan fingerprint density at radius 3 is 2.52 bits per heavy atom. The number of piperidine rings is 1. The van der Waals surface area contributed by atoms with Gasteiger partial charge in [-0.3, -0.25) is 4.90 Å². The highest BCUT2D eigenvalue weighted by atomic mass is 35.5. The molecule has 1 aromatic carbocycles. The standard InChI is InChI=1S/C18H29ClN2/c1-4-18(3,21-10-6-5-7-11-21)17(20)13-15-9-8-14(2)12-16(15)19/h8-9,12,17H,4-7,10-11,13,20H2,1-3H3. The first-order valence-electron chi connectivity index (χ1n) is 8.23. The van der Waals surface area contributed by atoms with Crippen LogP contribution >= 0.6 is 11.6 Å². The first-order chi connectivity index (χ1) is 9.97. The second kappa shape index (κ2) is 7.13. The Balaban J connectivity index is 2.13. The number of nitrogens with zero attached hydrogens (tertiary/aromatic N) is 1. The van der Waals surface area contributed by atoms with Gasteiger partial charge in [0.2, 0.25) is 0 Å². The van der Waals surface area contributed by atoms with E-state index in [1.807, 2.05) is 6.07 Å². The van der Waals surface area contributed by atoms with E-state index in [1.54, 1.807) is 0 Å². The molecule has 0 amide bonds. The molecule has 0 aliphatic carbocycles. The molecule has 1 fully saturated rings. The molecule has 0 aromatic heterocycles. The van der Waals surface area contributed by atoms with Crippen LogP contribution in [0.1, 0.15) is 50.7 Å². The number of likely N-dealkylation sites (tertiary alicyclic amines) is 1. The third-order valence-corrected chi connectivity index (χ3v) is 5.59. The van der Waals surface area contributed by atoms with Gasteiger partial charge in [-0.1, -0.05) is 37.1 Å².